The molecule has 2 aliphatic heterocycles. The van der Waals surface area contributed by atoms with Crippen molar-refractivity contribution >= 4 is 24.2 Å². The minimum Gasteiger partial charge on any atom is -0.481 e. The molecule has 0 aromatic heterocycles. The first-order valence-corrected chi connectivity index (χ1v) is 17.1. The van der Waals surface area contributed by atoms with Gasteiger partial charge < -0.3 is 23.4 Å². The summed E-state index contributed by atoms with van der Waals surface area (Å²) in [7, 11) is -4.73. The zero-order valence-corrected chi connectivity index (χ0v) is 25.6. The molecule has 2 saturated heterocycles. The summed E-state index contributed by atoms with van der Waals surface area (Å²) in [6, 6.07) is 4.41. The average molecular weight is 585 g/mol. The first kappa shape index (κ1) is 31.5. The third-order valence-electron chi connectivity index (χ3n) is 7.36. The maximum absolute atomic E-state index is 13.7. The second-order valence-corrected chi connectivity index (χ2v) is 18.2. The molecule has 0 spiro atoms. The van der Waals surface area contributed by atoms with Crippen molar-refractivity contribution in [1.82, 2.24) is 9.79 Å². The van der Waals surface area contributed by atoms with Crippen molar-refractivity contribution in [3.63, 3.8) is 0 Å². The van der Waals surface area contributed by atoms with E-state index < -0.39 is 54.4 Å². The lowest BCUT2D eigenvalue weighted by Crippen LogP contribution is -2.66. The van der Waals surface area contributed by atoms with Crippen LogP contribution in [0.3, 0.4) is 0 Å². The summed E-state index contributed by atoms with van der Waals surface area (Å²) in [4.78, 5) is 12.6. The minimum absolute atomic E-state index is 0.0640. The van der Waals surface area contributed by atoms with Gasteiger partial charge in [-0.05, 0) is 56.2 Å². The van der Waals surface area contributed by atoms with Crippen molar-refractivity contribution in [2.75, 3.05) is 26.9 Å². The minimum atomic E-state index is -4.21. The number of benzene rings is 1. The summed E-state index contributed by atoms with van der Waals surface area (Å²) in [5.41, 5.74) is 1.55. The number of carbonyl (C=O) groups excluding carboxylic acids is 1. The molecule has 13 heteroatoms. The number of fused-ring (bicyclic) bond motifs is 1. The number of amides is 1. The van der Waals surface area contributed by atoms with Gasteiger partial charge in [-0.1, -0.05) is 32.6 Å². The summed E-state index contributed by atoms with van der Waals surface area (Å²) < 4.78 is 57.2. The van der Waals surface area contributed by atoms with Gasteiger partial charge in [-0.15, -0.1) is 0 Å². The monoisotopic (exact) mass is 584 g/mol. The fraction of sp³-hybridized carbons (Fsp3) is 0.654. The number of piperidine rings is 1. The summed E-state index contributed by atoms with van der Waals surface area (Å²) >= 11 is 0. The predicted octanol–water partition coefficient (Wildman–Crippen LogP) is 2.50. The smallest absolute Gasteiger partial charge is 0.264 e. The molecule has 11 nitrogen and oxygen atoms in total. The molecule has 4 atom stereocenters. The van der Waals surface area contributed by atoms with Gasteiger partial charge in [0.25, 0.3) is 5.91 Å². The molecule has 0 saturated carbocycles. The summed E-state index contributed by atoms with van der Waals surface area (Å²) in [5.74, 6) is 4.37. The van der Waals surface area contributed by atoms with Crippen LogP contribution in [0.1, 0.15) is 34.6 Å². The van der Waals surface area contributed by atoms with Crippen LogP contribution in [-0.4, -0.2) is 89.2 Å². The highest BCUT2D eigenvalue weighted by atomic mass is 32.2. The number of hydrogen-bond donors (Lipinski definition) is 2. The third kappa shape index (κ3) is 7.01. The Morgan fingerprint density at radius 1 is 1.18 bits per heavy atom. The number of rotatable bonds is 8. The molecule has 218 valence electrons. The van der Waals surface area contributed by atoms with E-state index in [4.69, 9.17) is 23.4 Å². The molecule has 1 aromatic carbocycles. The average Bonchev–Trinajstić information content (AvgIpc) is 3.17. The van der Waals surface area contributed by atoms with Crippen LogP contribution >= 0.6 is 0 Å². The Kier molecular flexibility index (Phi) is 9.56. The number of hydroxylamine groups is 1. The fourth-order valence-electron chi connectivity index (χ4n) is 4.27. The molecule has 39 heavy (non-hydrogen) atoms. The Morgan fingerprint density at radius 2 is 1.79 bits per heavy atom. The summed E-state index contributed by atoms with van der Waals surface area (Å²) in [5, 5.41) is 9.46. The lowest BCUT2D eigenvalue weighted by Gasteiger charge is -2.42. The summed E-state index contributed by atoms with van der Waals surface area (Å²) in [6.07, 6.45) is -2.40. The number of sulfonamides is 1. The van der Waals surface area contributed by atoms with Gasteiger partial charge in [0.05, 0.1) is 11.5 Å². The van der Waals surface area contributed by atoms with Crippen LogP contribution in [0.25, 0.3) is 0 Å². The van der Waals surface area contributed by atoms with E-state index in [1.165, 1.54) is 31.4 Å². The molecule has 0 radical (unpaired) electrons. The van der Waals surface area contributed by atoms with E-state index in [9.17, 15) is 18.4 Å². The number of nitrogens with zero attached hydrogens (tertiary/aromatic N) is 1. The van der Waals surface area contributed by atoms with Crippen LogP contribution in [0, 0.1) is 11.8 Å². The molecule has 0 unspecified atom stereocenters. The highest BCUT2D eigenvalue weighted by Crippen LogP contribution is 2.39. The molecule has 2 aliphatic rings. The normalized spacial score (nSPS) is 25.4. The van der Waals surface area contributed by atoms with Crippen LogP contribution in [-0.2, 0) is 33.5 Å². The molecular formula is C26H40N2O9SSi. The lowest BCUT2D eigenvalue weighted by atomic mass is 9.95. The van der Waals surface area contributed by atoms with E-state index in [0.29, 0.717) is 12.4 Å². The van der Waals surface area contributed by atoms with Gasteiger partial charge in [-0.25, -0.2) is 13.9 Å². The number of ether oxygens (including phenoxy) is 4. The van der Waals surface area contributed by atoms with Gasteiger partial charge in [0.2, 0.25) is 10.0 Å². The highest BCUT2D eigenvalue weighted by Gasteiger charge is 2.57. The predicted molar refractivity (Wildman–Crippen MR) is 145 cm³/mol. The van der Waals surface area contributed by atoms with E-state index >= 15 is 0 Å². The van der Waals surface area contributed by atoms with Crippen molar-refractivity contribution in [2.24, 2.45) is 0 Å². The maximum Gasteiger partial charge on any atom is 0.264 e. The number of nitrogens with one attached hydrogen (secondary N) is 1. The van der Waals surface area contributed by atoms with Crippen LogP contribution in [0.4, 0.5) is 0 Å². The van der Waals surface area contributed by atoms with E-state index in [0.717, 1.165) is 4.31 Å². The standard InChI is InChI=1S/C26H40N2O9SSi/c1-25(2,3)39(7,8)35-16-10-9-15-34-18-11-13-19(14-12-18)38(31,32)28-17-20-22(37-26(4,5)36-20)23(33-6)21(28)24(29)27-30/h11-14,20-23,30H,15-17H2,1-8H3,(H,27,29)/t20-,21+,22-,23-/m0/s1. The van der Waals surface area contributed by atoms with Crippen LogP contribution in [0.15, 0.2) is 29.2 Å². The van der Waals surface area contributed by atoms with Crippen molar-refractivity contribution in [3.05, 3.63) is 24.3 Å². The van der Waals surface area contributed by atoms with Crippen molar-refractivity contribution in [3.8, 4) is 17.6 Å². The van der Waals surface area contributed by atoms with Gasteiger partial charge in [0, 0.05) is 13.7 Å². The third-order valence-corrected chi connectivity index (χ3v) is 13.7. The Labute approximate surface area is 232 Å². The lowest BCUT2D eigenvalue weighted by molar-refractivity contribution is -0.162. The van der Waals surface area contributed by atoms with E-state index in [1.54, 1.807) is 19.3 Å². The maximum atomic E-state index is 13.7. The molecular weight excluding hydrogens is 544 g/mol. The molecule has 0 bridgehead atoms. The topological polar surface area (TPSA) is 133 Å². The van der Waals surface area contributed by atoms with E-state index in [2.05, 4.69) is 45.7 Å². The zero-order chi connectivity index (χ0) is 29.2. The largest absolute Gasteiger partial charge is 0.481 e. The van der Waals surface area contributed by atoms with Gasteiger partial charge in [-0.3, -0.25) is 10.0 Å². The van der Waals surface area contributed by atoms with Crippen molar-refractivity contribution < 1.29 is 41.8 Å². The van der Waals surface area contributed by atoms with Gasteiger partial charge in [-0.2, -0.15) is 4.31 Å². The Balaban J connectivity index is 1.71. The number of hydrogen-bond acceptors (Lipinski definition) is 9. The van der Waals surface area contributed by atoms with Gasteiger partial charge in [0.1, 0.15) is 36.7 Å². The molecule has 1 amide bonds. The summed E-state index contributed by atoms with van der Waals surface area (Å²) in [6.45, 7) is 14.5. The number of methoxy groups -OCH3 is 1. The molecule has 2 fully saturated rings. The first-order chi connectivity index (χ1) is 18.0. The quantitative estimate of drug-likeness (QED) is 0.205. The van der Waals surface area contributed by atoms with Gasteiger partial charge >= 0.3 is 0 Å². The molecule has 2 heterocycles. The van der Waals surface area contributed by atoms with Crippen LogP contribution < -0.4 is 10.2 Å². The Hall–Kier alpha value is -2.02. The second-order valence-electron chi connectivity index (χ2n) is 11.5. The first-order valence-electron chi connectivity index (χ1n) is 12.7. The van der Waals surface area contributed by atoms with E-state index in [-0.39, 0.29) is 23.1 Å². The molecule has 1 aromatic rings. The Bertz CT molecular complexity index is 1190. The van der Waals surface area contributed by atoms with E-state index in [1.807, 2.05) is 0 Å². The number of carbonyl (C=O) groups is 1. The van der Waals surface area contributed by atoms with Crippen molar-refractivity contribution in [1.29, 1.82) is 0 Å². The molecule has 0 aliphatic carbocycles. The zero-order valence-electron chi connectivity index (χ0n) is 23.8. The van der Waals surface area contributed by atoms with Crippen molar-refractivity contribution in [2.45, 2.75) is 87.8 Å². The van der Waals surface area contributed by atoms with Crippen LogP contribution in [0.5, 0.6) is 5.75 Å². The highest BCUT2D eigenvalue weighted by molar-refractivity contribution is 7.89. The Morgan fingerprint density at radius 3 is 2.36 bits per heavy atom. The van der Waals surface area contributed by atoms with Gasteiger partial charge in [0.15, 0.2) is 14.1 Å². The molecule has 3 rings (SSSR count). The second kappa shape index (κ2) is 11.8. The SMILES string of the molecule is CO[C@@H]1[C@H]2OC(C)(C)O[C@H]2CN(S(=O)(=O)c2ccc(OCC#CCO[Si](C)(C)C(C)(C)C)cc2)[C@H]1C(=O)NO. The van der Waals surface area contributed by atoms with Crippen LogP contribution in [0.2, 0.25) is 18.1 Å². The molecule has 2 N–H and O–H groups in total. The fourth-order valence-corrected chi connectivity index (χ4v) is 6.75.